The molecule has 0 saturated heterocycles. The Morgan fingerprint density at radius 2 is 1.90 bits per heavy atom. The van der Waals surface area contributed by atoms with Crippen molar-refractivity contribution in [2.45, 2.75) is 13.8 Å². The smallest absolute Gasteiger partial charge is 0.350 e. The normalized spacial score (nSPS) is 10.5. The number of aromatic nitrogens is 1. The number of halogens is 1. The van der Waals surface area contributed by atoms with Crippen molar-refractivity contribution in [3.8, 4) is 10.6 Å². The number of benzene rings is 2. The molecular weight excluding hydrogens is 430 g/mol. The monoisotopic (exact) mass is 445 g/mol. The summed E-state index contributed by atoms with van der Waals surface area (Å²) < 4.78 is 5.09. The molecule has 0 spiro atoms. The molecule has 0 radical (unpaired) electrons. The number of nitrogens with zero attached hydrogens (tertiary/aromatic N) is 2. The van der Waals surface area contributed by atoms with E-state index in [2.05, 4.69) is 10.3 Å². The van der Waals surface area contributed by atoms with Crippen LogP contribution in [0.3, 0.4) is 0 Å². The average molecular weight is 446 g/mol. The van der Waals surface area contributed by atoms with Crippen molar-refractivity contribution in [3.63, 3.8) is 0 Å². The number of rotatable bonds is 6. The van der Waals surface area contributed by atoms with Gasteiger partial charge in [0.05, 0.1) is 21.9 Å². The minimum atomic E-state index is -0.670. The zero-order valence-corrected chi connectivity index (χ0v) is 17.5. The van der Waals surface area contributed by atoms with E-state index >= 15 is 0 Å². The van der Waals surface area contributed by atoms with Gasteiger partial charge in [0.15, 0.2) is 6.61 Å². The number of hydrogen-bond donors (Lipinski definition) is 1. The summed E-state index contributed by atoms with van der Waals surface area (Å²) in [6, 6.07) is 11.4. The van der Waals surface area contributed by atoms with Crippen LogP contribution in [0.25, 0.3) is 10.6 Å². The van der Waals surface area contributed by atoms with E-state index in [-0.39, 0.29) is 11.4 Å². The lowest BCUT2D eigenvalue weighted by atomic mass is 10.1. The lowest BCUT2D eigenvalue weighted by molar-refractivity contribution is -0.385. The number of anilines is 1. The highest BCUT2D eigenvalue weighted by atomic mass is 35.5. The van der Waals surface area contributed by atoms with E-state index in [4.69, 9.17) is 16.3 Å². The fourth-order valence-corrected chi connectivity index (χ4v) is 3.73. The molecule has 1 amide bonds. The third-order valence-corrected chi connectivity index (χ3v) is 5.62. The maximum absolute atomic E-state index is 12.4. The molecule has 0 aliphatic heterocycles. The summed E-state index contributed by atoms with van der Waals surface area (Å²) in [4.78, 5) is 39.7. The Hall–Kier alpha value is -3.30. The first-order valence-corrected chi connectivity index (χ1v) is 9.90. The first-order valence-electron chi connectivity index (χ1n) is 8.70. The molecule has 3 aromatic rings. The van der Waals surface area contributed by atoms with Crippen molar-refractivity contribution in [1.29, 1.82) is 0 Å². The SMILES string of the molecule is Cc1nc(-c2ccc(Cl)cc2)sc1C(=O)OCC(=O)Nc1cccc([N+](=O)[O-])c1C. The van der Waals surface area contributed by atoms with Gasteiger partial charge in [0.1, 0.15) is 9.88 Å². The average Bonchev–Trinajstić information content (AvgIpc) is 3.09. The van der Waals surface area contributed by atoms with Gasteiger partial charge in [-0.1, -0.05) is 29.8 Å². The van der Waals surface area contributed by atoms with Crippen molar-refractivity contribution in [3.05, 3.63) is 73.7 Å². The number of carbonyl (C=O) groups excluding carboxylic acids is 2. The number of aryl methyl sites for hydroxylation is 1. The number of nitro groups is 1. The second kappa shape index (κ2) is 9.02. The van der Waals surface area contributed by atoms with Crippen LogP contribution < -0.4 is 5.32 Å². The van der Waals surface area contributed by atoms with Crippen LogP contribution in [0.4, 0.5) is 11.4 Å². The number of nitrogens with one attached hydrogen (secondary N) is 1. The summed E-state index contributed by atoms with van der Waals surface area (Å²) in [5, 5.41) is 14.7. The third-order valence-electron chi connectivity index (χ3n) is 4.18. The number of esters is 1. The van der Waals surface area contributed by atoms with Gasteiger partial charge in [-0.3, -0.25) is 14.9 Å². The van der Waals surface area contributed by atoms with Gasteiger partial charge in [-0.05, 0) is 32.0 Å². The fourth-order valence-electron chi connectivity index (χ4n) is 2.64. The van der Waals surface area contributed by atoms with Crippen LogP contribution in [0, 0.1) is 24.0 Å². The molecule has 0 fully saturated rings. The van der Waals surface area contributed by atoms with E-state index in [1.807, 2.05) is 0 Å². The summed E-state index contributed by atoms with van der Waals surface area (Å²) in [7, 11) is 0. The van der Waals surface area contributed by atoms with Crippen molar-refractivity contribution in [1.82, 2.24) is 4.98 Å². The first kappa shape index (κ1) is 21.4. The van der Waals surface area contributed by atoms with Crippen molar-refractivity contribution >= 4 is 46.2 Å². The molecule has 1 aromatic heterocycles. The number of carbonyl (C=O) groups is 2. The fraction of sp³-hybridized carbons (Fsp3) is 0.150. The zero-order valence-electron chi connectivity index (χ0n) is 16.0. The summed E-state index contributed by atoms with van der Waals surface area (Å²) in [5.74, 6) is -1.27. The molecule has 1 heterocycles. The molecule has 1 N–H and O–H groups in total. The highest BCUT2D eigenvalue weighted by Gasteiger charge is 2.20. The van der Waals surface area contributed by atoms with Crippen molar-refractivity contribution in [2.24, 2.45) is 0 Å². The molecule has 30 heavy (non-hydrogen) atoms. The van der Waals surface area contributed by atoms with Crippen LogP contribution in [0.2, 0.25) is 5.02 Å². The second-order valence-corrected chi connectivity index (χ2v) is 7.71. The van der Waals surface area contributed by atoms with Gasteiger partial charge >= 0.3 is 5.97 Å². The van der Waals surface area contributed by atoms with Gasteiger partial charge in [0.25, 0.3) is 11.6 Å². The number of nitro benzene ring substituents is 1. The van der Waals surface area contributed by atoms with Crippen LogP contribution >= 0.6 is 22.9 Å². The Bertz CT molecular complexity index is 1130. The summed E-state index contributed by atoms with van der Waals surface area (Å²) >= 11 is 7.04. The Morgan fingerprint density at radius 3 is 2.57 bits per heavy atom. The van der Waals surface area contributed by atoms with E-state index < -0.39 is 23.4 Å². The standard InChI is InChI=1S/C20H16ClN3O5S/c1-11-15(4-3-5-16(11)24(27)28)23-17(25)10-29-20(26)18-12(2)22-19(30-18)13-6-8-14(21)9-7-13/h3-9H,10H2,1-2H3,(H,23,25). The van der Waals surface area contributed by atoms with E-state index in [9.17, 15) is 19.7 Å². The Kier molecular flexibility index (Phi) is 6.43. The number of thiazole rings is 1. The quantitative estimate of drug-likeness (QED) is 0.332. The van der Waals surface area contributed by atoms with Crippen LogP contribution in [0.15, 0.2) is 42.5 Å². The number of ether oxygens (including phenoxy) is 1. The van der Waals surface area contributed by atoms with Crippen LogP contribution in [-0.2, 0) is 9.53 Å². The van der Waals surface area contributed by atoms with Crippen LogP contribution in [0.1, 0.15) is 20.9 Å². The molecule has 154 valence electrons. The molecule has 0 bridgehead atoms. The summed E-state index contributed by atoms with van der Waals surface area (Å²) in [6.07, 6.45) is 0. The maximum Gasteiger partial charge on any atom is 0.350 e. The molecule has 8 nitrogen and oxygen atoms in total. The van der Waals surface area contributed by atoms with Crippen molar-refractivity contribution < 1.29 is 19.2 Å². The lowest BCUT2D eigenvalue weighted by Gasteiger charge is -2.09. The molecule has 0 aliphatic carbocycles. The number of amides is 1. The minimum absolute atomic E-state index is 0.111. The molecular formula is C20H16ClN3O5S. The second-order valence-electron chi connectivity index (χ2n) is 6.27. The Balaban J connectivity index is 1.65. The van der Waals surface area contributed by atoms with Gasteiger partial charge in [0, 0.05) is 16.7 Å². The Labute approximate surface area is 180 Å². The van der Waals surface area contributed by atoms with Gasteiger partial charge < -0.3 is 10.1 Å². The minimum Gasteiger partial charge on any atom is -0.451 e. The first-order chi connectivity index (χ1) is 14.3. The molecule has 0 unspecified atom stereocenters. The van der Waals surface area contributed by atoms with E-state index in [1.54, 1.807) is 31.2 Å². The summed E-state index contributed by atoms with van der Waals surface area (Å²) in [6.45, 7) is 2.67. The van der Waals surface area contributed by atoms with E-state index in [0.717, 1.165) is 16.9 Å². The molecule has 0 atom stereocenters. The molecule has 2 aromatic carbocycles. The Morgan fingerprint density at radius 1 is 1.20 bits per heavy atom. The maximum atomic E-state index is 12.4. The molecule has 10 heteroatoms. The van der Waals surface area contributed by atoms with Crippen molar-refractivity contribution in [2.75, 3.05) is 11.9 Å². The lowest BCUT2D eigenvalue weighted by Crippen LogP contribution is -2.21. The highest BCUT2D eigenvalue weighted by molar-refractivity contribution is 7.17. The van der Waals surface area contributed by atoms with Crippen LogP contribution in [0.5, 0.6) is 0 Å². The zero-order chi connectivity index (χ0) is 21.8. The van der Waals surface area contributed by atoms with Gasteiger partial charge in [-0.15, -0.1) is 11.3 Å². The van der Waals surface area contributed by atoms with Gasteiger partial charge in [-0.25, -0.2) is 9.78 Å². The third kappa shape index (κ3) is 4.81. The molecule has 0 saturated carbocycles. The highest BCUT2D eigenvalue weighted by Crippen LogP contribution is 2.29. The predicted molar refractivity (Wildman–Crippen MR) is 114 cm³/mol. The van der Waals surface area contributed by atoms with E-state index in [1.165, 1.54) is 25.1 Å². The topological polar surface area (TPSA) is 111 Å². The van der Waals surface area contributed by atoms with Crippen LogP contribution in [-0.4, -0.2) is 28.4 Å². The van der Waals surface area contributed by atoms with E-state index in [0.29, 0.717) is 26.2 Å². The molecule has 3 rings (SSSR count). The number of hydrogen-bond acceptors (Lipinski definition) is 7. The summed E-state index contributed by atoms with van der Waals surface area (Å²) in [5.41, 5.74) is 1.78. The molecule has 0 aliphatic rings. The largest absolute Gasteiger partial charge is 0.451 e. The van der Waals surface area contributed by atoms with Gasteiger partial charge in [-0.2, -0.15) is 0 Å². The predicted octanol–water partition coefficient (Wildman–Crippen LogP) is 4.78. The van der Waals surface area contributed by atoms with Gasteiger partial charge in [0.2, 0.25) is 0 Å².